The van der Waals surface area contributed by atoms with Crippen molar-refractivity contribution in [2.45, 2.75) is 32.2 Å². The van der Waals surface area contributed by atoms with Gasteiger partial charge in [0.25, 0.3) is 0 Å². The summed E-state index contributed by atoms with van der Waals surface area (Å²) in [6.07, 6.45) is 7.62. The third kappa shape index (κ3) is 3.70. The lowest BCUT2D eigenvalue weighted by atomic mass is 9.86. The van der Waals surface area contributed by atoms with Crippen molar-refractivity contribution in [3.63, 3.8) is 0 Å². The van der Waals surface area contributed by atoms with Gasteiger partial charge in [-0.3, -0.25) is 4.90 Å². The number of aromatic nitrogens is 1. The molecule has 0 bridgehead atoms. The topological polar surface area (TPSA) is 30.2 Å². The average molecular weight is 383 g/mol. The zero-order chi connectivity index (χ0) is 19.6. The molecule has 146 valence electrons. The molecule has 2 aromatic carbocycles. The second-order valence-corrected chi connectivity index (χ2v) is 8.14. The van der Waals surface area contributed by atoms with Gasteiger partial charge in [0.2, 0.25) is 0 Å². The van der Waals surface area contributed by atoms with E-state index in [-0.39, 0.29) is 0 Å². The highest BCUT2D eigenvalue weighted by Gasteiger charge is 2.23. The van der Waals surface area contributed by atoms with Gasteiger partial charge in [0.1, 0.15) is 0 Å². The predicted octanol–water partition coefficient (Wildman–Crippen LogP) is 4.52. The number of likely N-dealkylation sites (tertiary alicyclic amines) is 1. The molecule has 1 saturated heterocycles. The summed E-state index contributed by atoms with van der Waals surface area (Å²) in [7, 11) is 0. The molecule has 0 spiro atoms. The van der Waals surface area contributed by atoms with Gasteiger partial charge in [0.15, 0.2) is 12.4 Å². The van der Waals surface area contributed by atoms with E-state index in [1.807, 2.05) is 12.1 Å². The first-order chi connectivity index (χ1) is 14.3. The van der Waals surface area contributed by atoms with Crippen LogP contribution in [-0.4, -0.2) is 18.0 Å². The number of pyridine rings is 1. The van der Waals surface area contributed by atoms with E-state index in [0.717, 1.165) is 50.0 Å². The number of fused-ring (bicyclic) bond motifs is 2. The zero-order valence-electron chi connectivity index (χ0n) is 16.7. The number of hydrogen-bond acceptors (Lipinski definition) is 2. The third-order valence-electron chi connectivity index (χ3n) is 6.33. The molecule has 0 radical (unpaired) electrons. The van der Waals surface area contributed by atoms with E-state index < -0.39 is 0 Å². The van der Waals surface area contributed by atoms with Crippen molar-refractivity contribution in [3.05, 3.63) is 112 Å². The van der Waals surface area contributed by atoms with E-state index in [0.29, 0.717) is 0 Å². The molecule has 1 fully saturated rings. The second kappa shape index (κ2) is 7.84. The van der Waals surface area contributed by atoms with Crippen LogP contribution in [0.15, 0.2) is 78.6 Å². The Morgan fingerprint density at radius 3 is 1.86 bits per heavy atom. The highest BCUT2D eigenvalue weighted by Crippen LogP contribution is 2.38. The van der Waals surface area contributed by atoms with Crippen LogP contribution in [0.4, 0.5) is 0 Å². The fourth-order valence-corrected chi connectivity index (χ4v) is 4.80. The van der Waals surface area contributed by atoms with Crippen LogP contribution in [0.5, 0.6) is 0 Å². The van der Waals surface area contributed by atoms with Gasteiger partial charge in [-0.15, -0.1) is 0 Å². The Balaban J connectivity index is 1.45. The minimum Gasteiger partial charge on any atom is -0.619 e. The summed E-state index contributed by atoms with van der Waals surface area (Å²) in [6.45, 7) is 3.04. The van der Waals surface area contributed by atoms with Crippen LogP contribution < -0.4 is 4.73 Å². The lowest BCUT2D eigenvalue weighted by Crippen LogP contribution is -2.31. The van der Waals surface area contributed by atoms with Crippen LogP contribution in [0.3, 0.4) is 0 Å². The van der Waals surface area contributed by atoms with E-state index in [1.165, 1.54) is 33.4 Å². The third-order valence-corrected chi connectivity index (χ3v) is 6.33. The Hall–Kier alpha value is -2.91. The minimum atomic E-state index is 0.850. The summed E-state index contributed by atoms with van der Waals surface area (Å²) >= 11 is 0. The SMILES string of the molecule is [O-][n+]1ccc(CN2CCC(=C3c4ccccc4CCc4ccccc43)CC2)cc1. The normalized spacial score (nSPS) is 16.8. The maximum absolute atomic E-state index is 11.3. The highest BCUT2D eigenvalue weighted by molar-refractivity contribution is 5.86. The van der Waals surface area contributed by atoms with Crippen molar-refractivity contribution >= 4 is 5.57 Å². The summed E-state index contributed by atoms with van der Waals surface area (Å²) in [6, 6.07) is 21.8. The largest absolute Gasteiger partial charge is 0.619 e. The van der Waals surface area contributed by atoms with E-state index in [1.54, 1.807) is 18.0 Å². The molecule has 5 rings (SSSR count). The molecule has 1 aliphatic carbocycles. The minimum absolute atomic E-state index is 0.850. The van der Waals surface area contributed by atoms with Gasteiger partial charge >= 0.3 is 0 Å². The van der Waals surface area contributed by atoms with E-state index >= 15 is 0 Å². The Morgan fingerprint density at radius 2 is 1.28 bits per heavy atom. The number of nitrogens with zero attached hydrogens (tertiary/aromatic N) is 2. The van der Waals surface area contributed by atoms with E-state index in [4.69, 9.17) is 0 Å². The van der Waals surface area contributed by atoms with E-state index in [9.17, 15) is 5.21 Å². The van der Waals surface area contributed by atoms with Crippen LogP contribution >= 0.6 is 0 Å². The van der Waals surface area contributed by atoms with Crippen molar-refractivity contribution in [3.8, 4) is 0 Å². The first-order valence-electron chi connectivity index (χ1n) is 10.6. The maximum Gasteiger partial charge on any atom is 0.180 e. The summed E-state index contributed by atoms with van der Waals surface area (Å²) < 4.78 is 0.850. The summed E-state index contributed by atoms with van der Waals surface area (Å²) in [4.78, 5) is 2.50. The standard InChI is InChI=1S/C26H26N2O/c29-28-17-11-20(12-18-28)19-27-15-13-23(14-16-27)26-24-7-3-1-5-21(24)9-10-22-6-2-4-8-25(22)26/h1-8,11-12,17-18H,9-10,13-16,19H2. The molecule has 2 aliphatic rings. The highest BCUT2D eigenvalue weighted by atomic mass is 16.5. The molecule has 3 aromatic rings. The molecule has 1 aliphatic heterocycles. The lowest BCUT2D eigenvalue weighted by Gasteiger charge is -2.30. The average Bonchev–Trinajstić information content (AvgIpc) is 2.93. The van der Waals surface area contributed by atoms with Crippen LogP contribution in [0, 0.1) is 5.21 Å². The van der Waals surface area contributed by atoms with Gasteiger partial charge in [-0.25, -0.2) is 0 Å². The summed E-state index contributed by atoms with van der Waals surface area (Å²) in [5.74, 6) is 0. The Kier molecular flexibility index (Phi) is 4.91. The molecule has 29 heavy (non-hydrogen) atoms. The van der Waals surface area contributed by atoms with Gasteiger partial charge in [-0.1, -0.05) is 54.1 Å². The summed E-state index contributed by atoms with van der Waals surface area (Å²) in [5.41, 5.74) is 10.1. The number of benzene rings is 2. The smallest absolute Gasteiger partial charge is 0.180 e. The van der Waals surface area contributed by atoms with Crippen LogP contribution in [0.1, 0.15) is 40.7 Å². The number of rotatable bonds is 2. The Bertz CT molecular complexity index is 993. The molecule has 0 amide bonds. The monoisotopic (exact) mass is 382 g/mol. The molecule has 0 atom stereocenters. The van der Waals surface area contributed by atoms with Crippen LogP contribution in [0.2, 0.25) is 0 Å². The second-order valence-electron chi connectivity index (χ2n) is 8.14. The van der Waals surface area contributed by atoms with Crippen LogP contribution in [-0.2, 0) is 19.4 Å². The Morgan fingerprint density at radius 1 is 0.724 bits per heavy atom. The van der Waals surface area contributed by atoms with E-state index in [2.05, 4.69) is 53.4 Å². The van der Waals surface area contributed by atoms with Gasteiger partial charge in [0, 0.05) is 31.8 Å². The molecule has 3 heteroatoms. The van der Waals surface area contributed by atoms with Gasteiger partial charge in [0.05, 0.1) is 0 Å². The first kappa shape index (κ1) is 18.1. The van der Waals surface area contributed by atoms with Gasteiger partial charge in [-0.05, 0) is 59.1 Å². The lowest BCUT2D eigenvalue weighted by molar-refractivity contribution is -0.605. The molecule has 3 nitrogen and oxygen atoms in total. The van der Waals surface area contributed by atoms with Crippen LogP contribution in [0.25, 0.3) is 5.57 Å². The number of aryl methyl sites for hydroxylation is 2. The Labute approximate surface area is 172 Å². The first-order valence-corrected chi connectivity index (χ1v) is 10.6. The van der Waals surface area contributed by atoms with Gasteiger partial charge < -0.3 is 5.21 Å². The molecule has 0 saturated carbocycles. The molecule has 1 aromatic heterocycles. The molecular weight excluding hydrogens is 356 g/mol. The predicted molar refractivity (Wildman–Crippen MR) is 116 cm³/mol. The molecular formula is C26H26N2O. The van der Waals surface area contributed by atoms with Crippen molar-refractivity contribution in [2.24, 2.45) is 0 Å². The van der Waals surface area contributed by atoms with Crippen molar-refractivity contribution in [1.29, 1.82) is 0 Å². The zero-order valence-corrected chi connectivity index (χ0v) is 16.7. The molecule has 0 unspecified atom stereocenters. The fourth-order valence-electron chi connectivity index (χ4n) is 4.80. The molecule has 0 N–H and O–H groups in total. The number of hydrogen-bond donors (Lipinski definition) is 0. The van der Waals surface area contributed by atoms with Crippen molar-refractivity contribution < 1.29 is 4.73 Å². The van der Waals surface area contributed by atoms with Crippen molar-refractivity contribution in [1.82, 2.24) is 4.90 Å². The molecule has 2 heterocycles. The summed E-state index contributed by atoms with van der Waals surface area (Å²) in [5, 5.41) is 11.3. The van der Waals surface area contributed by atoms with Gasteiger partial charge in [-0.2, -0.15) is 4.73 Å². The van der Waals surface area contributed by atoms with Crippen molar-refractivity contribution in [2.75, 3.05) is 13.1 Å². The number of piperidine rings is 1. The fraction of sp³-hybridized carbons (Fsp3) is 0.269. The maximum atomic E-state index is 11.3. The quantitative estimate of drug-likeness (QED) is 0.482.